The molecule has 30 heavy (non-hydrogen) atoms. The molecule has 0 bridgehead atoms. The van der Waals surface area contributed by atoms with Crippen molar-refractivity contribution in [2.75, 3.05) is 37.7 Å². The van der Waals surface area contributed by atoms with Gasteiger partial charge in [-0.2, -0.15) is 0 Å². The van der Waals surface area contributed by atoms with E-state index in [2.05, 4.69) is 15.0 Å². The van der Waals surface area contributed by atoms with E-state index in [0.717, 1.165) is 17.6 Å². The third kappa shape index (κ3) is 9.40. The summed E-state index contributed by atoms with van der Waals surface area (Å²) in [6.07, 6.45) is 1.13. The van der Waals surface area contributed by atoms with E-state index in [1.54, 1.807) is 24.3 Å². The van der Waals surface area contributed by atoms with Crippen LogP contribution in [0.2, 0.25) is 5.02 Å². The van der Waals surface area contributed by atoms with E-state index in [0.29, 0.717) is 42.9 Å². The van der Waals surface area contributed by atoms with Gasteiger partial charge in [0.2, 0.25) is 10.0 Å². The molecule has 2 N–H and O–H groups in total. The number of sulfonamides is 1. The largest absolute Gasteiger partial charge is 0.492 e. The fourth-order valence-corrected chi connectivity index (χ4v) is 3.25. The van der Waals surface area contributed by atoms with E-state index in [9.17, 15) is 8.42 Å². The van der Waals surface area contributed by atoms with Gasteiger partial charge in [-0.3, -0.25) is 4.72 Å². The van der Waals surface area contributed by atoms with Gasteiger partial charge in [-0.1, -0.05) is 29.8 Å². The van der Waals surface area contributed by atoms with Crippen LogP contribution in [0.5, 0.6) is 5.75 Å². The third-order valence-electron chi connectivity index (χ3n) is 3.92. The summed E-state index contributed by atoms with van der Waals surface area (Å²) in [4.78, 5) is 6.60. The number of aliphatic imine (C=N–C) groups is 1. The van der Waals surface area contributed by atoms with E-state index < -0.39 is 10.0 Å². The quantitative estimate of drug-likeness (QED) is 0.274. The molecule has 2 aromatic rings. The van der Waals surface area contributed by atoms with Crippen LogP contribution in [0.3, 0.4) is 0 Å². The first-order valence-electron chi connectivity index (χ1n) is 9.22. The molecule has 0 radical (unpaired) electrons. The maximum absolute atomic E-state index is 11.6. The molecule has 2 rings (SSSR count). The molecule has 0 aliphatic heterocycles. The van der Waals surface area contributed by atoms with Gasteiger partial charge in [-0.05, 0) is 42.8 Å². The fourth-order valence-electron chi connectivity index (χ4n) is 2.52. The van der Waals surface area contributed by atoms with Crippen LogP contribution in [0.15, 0.2) is 53.5 Å². The van der Waals surface area contributed by atoms with Crippen molar-refractivity contribution in [3.63, 3.8) is 0 Å². The van der Waals surface area contributed by atoms with Crippen molar-refractivity contribution in [3.8, 4) is 5.75 Å². The van der Waals surface area contributed by atoms with Crippen LogP contribution in [-0.4, -0.2) is 52.3 Å². The fraction of sp³-hybridized carbons (Fsp3) is 0.350. The normalized spacial score (nSPS) is 11.4. The molecule has 166 valence electrons. The average Bonchev–Trinajstić information content (AvgIpc) is 2.66. The lowest BCUT2D eigenvalue weighted by atomic mass is 10.2. The predicted molar refractivity (Wildman–Crippen MR) is 135 cm³/mol. The monoisotopic (exact) mass is 566 g/mol. The Morgan fingerprint density at radius 3 is 2.47 bits per heavy atom. The van der Waals surface area contributed by atoms with Gasteiger partial charge < -0.3 is 15.0 Å². The maximum atomic E-state index is 11.6. The van der Waals surface area contributed by atoms with E-state index in [1.165, 1.54) is 0 Å². The molecule has 0 unspecified atom stereocenters. The molecule has 0 fully saturated rings. The highest BCUT2D eigenvalue weighted by molar-refractivity contribution is 14.0. The summed E-state index contributed by atoms with van der Waals surface area (Å²) in [5.74, 6) is 1.46. The number of halogens is 2. The Hall–Kier alpha value is -1.72. The van der Waals surface area contributed by atoms with Gasteiger partial charge in [-0.25, -0.2) is 13.4 Å². The number of rotatable bonds is 9. The van der Waals surface area contributed by atoms with Crippen LogP contribution in [-0.2, 0) is 16.6 Å². The van der Waals surface area contributed by atoms with Crippen LogP contribution in [0.4, 0.5) is 5.69 Å². The standard InChI is InChI=1S/C20H27ClN4O3S.HI/c1-4-22-20(25(2)13-14-28-18-11-9-17(21)10-12-18)23-15-16-7-5-6-8-19(16)24-29(3,26)27;/h5-12,24H,4,13-15H2,1-3H3,(H,22,23);1H. The van der Waals surface area contributed by atoms with Gasteiger partial charge in [0.1, 0.15) is 12.4 Å². The number of likely N-dealkylation sites (N-methyl/N-ethyl adjacent to an activating group) is 1. The number of nitrogens with zero attached hydrogens (tertiary/aromatic N) is 2. The van der Waals surface area contributed by atoms with Crippen molar-refractivity contribution in [1.29, 1.82) is 0 Å². The number of benzene rings is 2. The molecule has 0 saturated carbocycles. The lowest BCUT2D eigenvalue weighted by molar-refractivity contribution is 0.281. The highest BCUT2D eigenvalue weighted by Gasteiger charge is 2.09. The number of nitrogens with one attached hydrogen (secondary N) is 2. The first kappa shape index (κ1) is 26.3. The Bertz CT molecular complexity index is 924. The first-order chi connectivity index (χ1) is 13.8. The predicted octanol–water partition coefficient (Wildman–Crippen LogP) is 3.81. The van der Waals surface area contributed by atoms with Crippen molar-refractivity contribution in [2.45, 2.75) is 13.5 Å². The second-order valence-electron chi connectivity index (χ2n) is 6.43. The summed E-state index contributed by atoms with van der Waals surface area (Å²) in [5, 5.41) is 3.91. The molecular weight excluding hydrogens is 539 g/mol. The van der Waals surface area contributed by atoms with Crippen LogP contribution in [0.25, 0.3) is 0 Å². The Balaban J connectivity index is 0.00000450. The zero-order chi connectivity index (χ0) is 21.3. The molecule has 0 aliphatic rings. The van der Waals surface area contributed by atoms with Crippen molar-refractivity contribution in [3.05, 3.63) is 59.1 Å². The number of guanidine groups is 1. The molecule has 7 nitrogen and oxygen atoms in total. The lowest BCUT2D eigenvalue weighted by Crippen LogP contribution is -2.40. The Labute approximate surface area is 200 Å². The van der Waals surface area contributed by atoms with E-state index in [-0.39, 0.29) is 24.0 Å². The summed E-state index contributed by atoms with van der Waals surface area (Å²) in [5.41, 5.74) is 1.32. The SMILES string of the molecule is CCNC(=NCc1ccccc1NS(C)(=O)=O)N(C)CCOc1ccc(Cl)cc1.I. The van der Waals surface area contributed by atoms with Crippen molar-refractivity contribution >= 4 is 57.2 Å². The van der Waals surface area contributed by atoms with Crippen LogP contribution in [0, 0.1) is 0 Å². The highest BCUT2D eigenvalue weighted by atomic mass is 127. The van der Waals surface area contributed by atoms with Gasteiger partial charge >= 0.3 is 0 Å². The molecule has 0 saturated heterocycles. The third-order valence-corrected chi connectivity index (χ3v) is 4.76. The Kier molecular flexibility index (Phi) is 11.3. The molecular formula is C20H28ClIN4O3S. The molecule has 0 aromatic heterocycles. The number of para-hydroxylation sites is 1. The van der Waals surface area contributed by atoms with Gasteiger partial charge in [0.05, 0.1) is 25.0 Å². The van der Waals surface area contributed by atoms with Crippen LogP contribution < -0.4 is 14.8 Å². The van der Waals surface area contributed by atoms with Gasteiger partial charge in [0.15, 0.2) is 5.96 Å². The minimum atomic E-state index is -3.36. The molecule has 0 aliphatic carbocycles. The number of anilines is 1. The maximum Gasteiger partial charge on any atom is 0.229 e. The molecule has 0 spiro atoms. The number of ether oxygens (including phenoxy) is 1. The molecule has 0 amide bonds. The summed E-state index contributed by atoms with van der Waals surface area (Å²) in [7, 11) is -1.43. The van der Waals surface area contributed by atoms with E-state index in [1.807, 2.05) is 43.1 Å². The van der Waals surface area contributed by atoms with Gasteiger partial charge in [-0.15, -0.1) is 24.0 Å². The Morgan fingerprint density at radius 2 is 1.83 bits per heavy atom. The zero-order valence-corrected chi connectivity index (χ0v) is 21.2. The summed E-state index contributed by atoms with van der Waals surface area (Å²) < 4.78 is 31.4. The van der Waals surface area contributed by atoms with E-state index in [4.69, 9.17) is 16.3 Å². The second-order valence-corrected chi connectivity index (χ2v) is 8.61. The molecule has 10 heteroatoms. The lowest BCUT2D eigenvalue weighted by Gasteiger charge is -2.22. The minimum Gasteiger partial charge on any atom is -0.492 e. The van der Waals surface area contributed by atoms with Gasteiger partial charge in [0, 0.05) is 18.6 Å². The first-order valence-corrected chi connectivity index (χ1v) is 11.5. The molecule has 0 atom stereocenters. The average molecular weight is 567 g/mol. The number of hydrogen-bond acceptors (Lipinski definition) is 4. The van der Waals surface area contributed by atoms with Crippen molar-refractivity contribution in [1.82, 2.24) is 10.2 Å². The van der Waals surface area contributed by atoms with Crippen LogP contribution >= 0.6 is 35.6 Å². The van der Waals surface area contributed by atoms with E-state index >= 15 is 0 Å². The number of hydrogen-bond donors (Lipinski definition) is 2. The second kappa shape index (κ2) is 12.9. The summed E-state index contributed by atoms with van der Waals surface area (Å²) >= 11 is 5.88. The van der Waals surface area contributed by atoms with Crippen LogP contribution in [0.1, 0.15) is 12.5 Å². The molecule has 2 aromatic carbocycles. The highest BCUT2D eigenvalue weighted by Crippen LogP contribution is 2.17. The topological polar surface area (TPSA) is 83.0 Å². The molecule has 0 heterocycles. The van der Waals surface area contributed by atoms with Crippen molar-refractivity contribution in [2.24, 2.45) is 4.99 Å². The van der Waals surface area contributed by atoms with Gasteiger partial charge in [0.25, 0.3) is 0 Å². The smallest absolute Gasteiger partial charge is 0.229 e. The van der Waals surface area contributed by atoms with Crippen molar-refractivity contribution < 1.29 is 13.2 Å². The zero-order valence-electron chi connectivity index (χ0n) is 17.3. The summed E-state index contributed by atoms with van der Waals surface area (Å²) in [6.45, 7) is 4.15. The minimum absolute atomic E-state index is 0. The summed E-state index contributed by atoms with van der Waals surface area (Å²) in [6, 6.07) is 14.4. The Morgan fingerprint density at radius 1 is 1.17 bits per heavy atom.